The molecule has 0 unspecified atom stereocenters. The van der Waals surface area contributed by atoms with Crippen molar-refractivity contribution in [1.29, 1.82) is 5.26 Å². The summed E-state index contributed by atoms with van der Waals surface area (Å²) in [5.74, 6) is 0.742. The molecule has 0 saturated heterocycles. The van der Waals surface area contributed by atoms with Crippen molar-refractivity contribution in [3.05, 3.63) is 59.7 Å². The first-order valence-corrected chi connectivity index (χ1v) is 8.75. The second-order valence-electron chi connectivity index (χ2n) is 5.76. The fourth-order valence-electron chi connectivity index (χ4n) is 3.07. The van der Waals surface area contributed by atoms with Gasteiger partial charge < -0.3 is 0 Å². The van der Waals surface area contributed by atoms with Gasteiger partial charge in [-0.3, -0.25) is 0 Å². The van der Waals surface area contributed by atoms with E-state index >= 15 is 0 Å². The molecule has 2 aromatic rings. The van der Waals surface area contributed by atoms with Crippen molar-refractivity contribution in [1.82, 2.24) is 0 Å². The number of hydrogen-bond donors (Lipinski definition) is 0. The van der Waals surface area contributed by atoms with Crippen LogP contribution in [0.25, 0.3) is 11.1 Å². The normalized spacial score (nSPS) is 21.7. The maximum absolute atomic E-state index is 8.85. The molecule has 106 valence electrons. The van der Waals surface area contributed by atoms with Crippen LogP contribution >= 0.6 is 22.6 Å². The number of benzene rings is 2. The predicted molar refractivity (Wildman–Crippen MR) is 95.6 cm³/mol. The second kappa shape index (κ2) is 6.62. The lowest BCUT2D eigenvalue weighted by Gasteiger charge is -2.25. The summed E-state index contributed by atoms with van der Waals surface area (Å²) in [6.07, 6.45) is 5.35. The van der Waals surface area contributed by atoms with E-state index in [1.807, 2.05) is 24.3 Å². The minimum absolute atomic E-state index is 0.714. The van der Waals surface area contributed by atoms with Crippen molar-refractivity contribution in [2.75, 3.05) is 0 Å². The van der Waals surface area contributed by atoms with Gasteiger partial charge in [0.2, 0.25) is 0 Å². The van der Waals surface area contributed by atoms with Crippen LogP contribution in [0, 0.1) is 11.3 Å². The number of nitriles is 1. The molecule has 1 fully saturated rings. The van der Waals surface area contributed by atoms with Crippen molar-refractivity contribution < 1.29 is 0 Å². The molecule has 2 heteroatoms. The number of alkyl halides is 1. The fraction of sp³-hybridized carbons (Fsp3) is 0.316. The fourth-order valence-corrected chi connectivity index (χ4v) is 3.79. The van der Waals surface area contributed by atoms with Crippen molar-refractivity contribution >= 4 is 22.6 Å². The molecule has 0 atom stereocenters. The average Bonchev–Trinajstić information content (AvgIpc) is 2.56. The zero-order valence-corrected chi connectivity index (χ0v) is 14.1. The van der Waals surface area contributed by atoms with E-state index in [1.165, 1.54) is 42.4 Å². The van der Waals surface area contributed by atoms with E-state index in [0.717, 1.165) is 9.84 Å². The molecule has 1 aliphatic carbocycles. The summed E-state index contributed by atoms with van der Waals surface area (Å²) in [5, 5.41) is 8.85. The zero-order chi connectivity index (χ0) is 14.7. The van der Waals surface area contributed by atoms with Crippen LogP contribution in [-0.2, 0) is 0 Å². The quantitative estimate of drug-likeness (QED) is 0.480. The Kier molecular flexibility index (Phi) is 4.60. The van der Waals surface area contributed by atoms with Crippen molar-refractivity contribution in [3.8, 4) is 17.2 Å². The van der Waals surface area contributed by atoms with Crippen molar-refractivity contribution in [2.45, 2.75) is 35.5 Å². The molecule has 0 N–H and O–H groups in total. The SMILES string of the molecule is N#Cc1ccc(-c2ccc(C3CCC(I)CC3)cc2)cc1. The third-order valence-corrected chi connectivity index (χ3v) is 5.63. The van der Waals surface area contributed by atoms with Gasteiger partial charge in [0.05, 0.1) is 11.6 Å². The number of halogens is 1. The van der Waals surface area contributed by atoms with E-state index in [9.17, 15) is 0 Å². The summed E-state index contributed by atoms with van der Waals surface area (Å²) in [6.45, 7) is 0. The Morgan fingerprint density at radius 2 is 1.33 bits per heavy atom. The van der Waals surface area contributed by atoms with Crippen LogP contribution < -0.4 is 0 Å². The van der Waals surface area contributed by atoms with Crippen LogP contribution in [0.2, 0.25) is 0 Å². The number of nitrogens with zero attached hydrogens (tertiary/aromatic N) is 1. The summed E-state index contributed by atoms with van der Waals surface area (Å²) < 4.78 is 0.872. The molecule has 21 heavy (non-hydrogen) atoms. The smallest absolute Gasteiger partial charge is 0.0991 e. The highest BCUT2D eigenvalue weighted by atomic mass is 127. The van der Waals surface area contributed by atoms with Gasteiger partial charge in [0.25, 0.3) is 0 Å². The van der Waals surface area contributed by atoms with Gasteiger partial charge in [-0.1, -0.05) is 59.0 Å². The van der Waals surface area contributed by atoms with Crippen LogP contribution in [0.4, 0.5) is 0 Å². The van der Waals surface area contributed by atoms with Gasteiger partial charge in [-0.15, -0.1) is 0 Å². The highest BCUT2D eigenvalue weighted by Gasteiger charge is 2.20. The van der Waals surface area contributed by atoms with Gasteiger partial charge in [0.15, 0.2) is 0 Å². The van der Waals surface area contributed by atoms with Crippen molar-refractivity contribution in [3.63, 3.8) is 0 Å². The lowest BCUT2D eigenvalue weighted by molar-refractivity contribution is 0.462. The Bertz CT molecular complexity index is 629. The first-order chi connectivity index (χ1) is 10.3. The third-order valence-electron chi connectivity index (χ3n) is 4.39. The predicted octanol–water partition coefficient (Wildman–Crippen LogP) is 5.69. The molecular weight excluding hydrogens is 369 g/mol. The van der Waals surface area contributed by atoms with E-state index < -0.39 is 0 Å². The van der Waals surface area contributed by atoms with Gasteiger partial charge in [-0.05, 0) is 60.4 Å². The Balaban J connectivity index is 1.75. The molecule has 0 radical (unpaired) electrons. The summed E-state index contributed by atoms with van der Waals surface area (Å²) in [6, 6.07) is 19.0. The minimum atomic E-state index is 0.714. The lowest BCUT2D eigenvalue weighted by Crippen LogP contribution is -2.12. The molecule has 0 heterocycles. The Morgan fingerprint density at radius 1 is 0.810 bits per heavy atom. The standard InChI is InChI=1S/C19H18IN/c20-19-11-9-18(10-12-19)17-7-5-16(6-8-17)15-3-1-14(13-21)2-4-15/h1-8,18-19H,9-12H2. The maximum Gasteiger partial charge on any atom is 0.0991 e. The van der Waals surface area contributed by atoms with E-state index in [1.54, 1.807) is 0 Å². The van der Waals surface area contributed by atoms with Crippen LogP contribution in [-0.4, -0.2) is 3.92 Å². The van der Waals surface area contributed by atoms with Crippen LogP contribution in [0.5, 0.6) is 0 Å². The van der Waals surface area contributed by atoms with Gasteiger partial charge in [0, 0.05) is 3.92 Å². The molecule has 1 saturated carbocycles. The Morgan fingerprint density at radius 3 is 1.86 bits per heavy atom. The molecule has 1 aliphatic rings. The monoisotopic (exact) mass is 387 g/mol. The van der Waals surface area contributed by atoms with E-state index in [2.05, 4.69) is 52.9 Å². The molecule has 0 aromatic heterocycles. The summed E-state index contributed by atoms with van der Waals surface area (Å²) in [4.78, 5) is 0. The zero-order valence-electron chi connectivity index (χ0n) is 11.9. The highest BCUT2D eigenvalue weighted by molar-refractivity contribution is 14.1. The van der Waals surface area contributed by atoms with E-state index in [4.69, 9.17) is 5.26 Å². The first-order valence-electron chi connectivity index (χ1n) is 7.51. The first kappa shape index (κ1) is 14.6. The topological polar surface area (TPSA) is 23.8 Å². The van der Waals surface area contributed by atoms with Gasteiger partial charge in [-0.2, -0.15) is 5.26 Å². The Hall–Kier alpha value is -1.34. The largest absolute Gasteiger partial charge is 0.192 e. The molecular formula is C19H18IN. The number of rotatable bonds is 2. The van der Waals surface area contributed by atoms with Crippen molar-refractivity contribution in [2.24, 2.45) is 0 Å². The van der Waals surface area contributed by atoms with Gasteiger partial charge in [0.1, 0.15) is 0 Å². The Labute approximate surface area is 140 Å². The average molecular weight is 387 g/mol. The van der Waals surface area contributed by atoms with Crippen LogP contribution in [0.1, 0.15) is 42.7 Å². The summed E-state index contributed by atoms with van der Waals surface area (Å²) in [7, 11) is 0. The molecule has 1 nitrogen and oxygen atoms in total. The maximum atomic E-state index is 8.85. The lowest BCUT2D eigenvalue weighted by atomic mass is 9.83. The molecule has 2 aromatic carbocycles. The third kappa shape index (κ3) is 3.47. The highest BCUT2D eigenvalue weighted by Crippen LogP contribution is 2.36. The van der Waals surface area contributed by atoms with E-state index in [-0.39, 0.29) is 0 Å². The van der Waals surface area contributed by atoms with Gasteiger partial charge >= 0.3 is 0 Å². The second-order valence-corrected chi connectivity index (χ2v) is 7.52. The summed E-state index contributed by atoms with van der Waals surface area (Å²) >= 11 is 2.58. The summed E-state index contributed by atoms with van der Waals surface area (Å²) in [5.41, 5.74) is 4.60. The van der Waals surface area contributed by atoms with Gasteiger partial charge in [-0.25, -0.2) is 0 Å². The molecule has 0 spiro atoms. The van der Waals surface area contributed by atoms with Crippen LogP contribution in [0.3, 0.4) is 0 Å². The molecule has 0 amide bonds. The molecule has 0 bridgehead atoms. The number of hydrogen-bond acceptors (Lipinski definition) is 1. The van der Waals surface area contributed by atoms with Crippen LogP contribution in [0.15, 0.2) is 48.5 Å². The minimum Gasteiger partial charge on any atom is -0.192 e. The molecule has 0 aliphatic heterocycles. The molecule has 3 rings (SSSR count). The van der Waals surface area contributed by atoms with E-state index in [0.29, 0.717) is 5.56 Å².